The minimum Gasteiger partial charge on any atom is -0.486 e. The van der Waals surface area contributed by atoms with Gasteiger partial charge in [-0.3, -0.25) is 4.79 Å². The molecule has 4 rings (SSSR count). The number of amides is 1. The van der Waals surface area contributed by atoms with Crippen LogP contribution in [0.5, 0.6) is 11.5 Å². The Kier molecular flexibility index (Phi) is 5.57. The van der Waals surface area contributed by atoms with Crippen LogP contribution in [0.3, 0.4) is 0 Å². The van der Waals surface area contributed by atoms with Crippen LogP contribution in [0.4, 0.5) is 5.69 Å². The monoisotopic (exact) mass is 431 g/mol. The van der Waals surface area contributed by atoms with Gasteiger partial charge in [0.1, 0.15) is 13.2 Å². The van der Waals surface area contributed by atoms with Crippen molar-refractivity contribution in [1.29, 1.82) is 0 Å². The maximum Gasteiger partial charge on any atom is 0.253 e. The first-order valence-corrected chi connectivity index (χ1v) is 11.3. The molecule has 1 amide bonds. The zero-order valence-electron chi connectivity index (χ0n) is 17.1. The Morgan fingerprint density at radius 1 is 0.900 bits per heavy atom. The van der Waals surface area contributed by atoms with Gasteiger partial charge in [-0.05, 0) is 36.4 Å². The zero-order chi connectivity index (χ0) is 21.3. The number of carbonyl (C=O) groups excluding carboxylic acids is 1. The normalized spacial score (nSPS) is 16.9. The Hall–Kier alpha value is -2.78. The molecule has 2 aromatic carbocycles. The molecule has 160 valence electrons. The van der Waals surface area contributed by atoms with Crippen LogP contribution in [-0.2, 0) is 10.0 Å². The third-order valence-electron chi connectivity index (χ3n) is 5.31. The molecule has 2 aliphatic heterocycles. The van der Waals surface area contributed by atoms with E-state index in [-0.39, 0.29) is 23.9 Å². The molecule has 0 saturated carbocycles. The molecule has 1 saturated heterocycles. The highest BCUT2D eigenvalue weighted by Gasteiger charge is 2.31. The molecule has 0 radical (unpaired) electrons. The van der Waals surface area contributed by atoms with Crippen molar-refractivity contribution in [2.75, 3.05) is 58.4 Å². The number of hydrogen-bond acceptors (Lipinski definition) is 6. The Balaban J connectivity index is 1.43. The van der Waals surface area contributed by atoms with E-state index in [2.05, 4.69) is 0 Å². The fourth-order valence-corrected chi connectivity index (χ4v) is 4.99. The number of piperazine rings is 1. The number of benzene rings is 2. The molecule has 30 heavy (non-hydrogen) atoms. The van der Waals surface area contributed by atoms with E-state index in [1.54, 1.807) is 23.1 Å². The second-order valence-electron chi connectivity index (χ2n) is 7.44. The highest BCUT2D eigenvalue weighted by Crippen LogP contribution is 2.33. The second-order valence-corrected chi connectivity index (χ2v) is 9.38. The number of rotatable bonds is 4. The van der Waals surface area contributed by atoms with Gasteiger partial charge in [0.25, 0.3) is 5.91 Å². The predicted octanol–water partition coefficient (Wildman–Crippen LogP) is 1.67. The third kappa shape index (κ3) is 3.95. The van der Waals surface area contributed by atoms with Crippen LogP contribution >= 0.6 is 0 Å². The average molecular weight is 432 g/mol. The Bertz CT molecular complexity index is 1030. The standard InChI is InChI=1S/C21H25N3O5S/c1-22(2)17-5-3-16(4-6-17)21(25)23-9-11-24(12-10-23)30(26,27)18-7-8-19-20(15-18)29-14-13-28-19/h3-8,15H,9-14H2,1-2H3. The SMILES string of the molecule is CN(C)c1ccc(C(=O)N2CCN(S(=O)(=O)c3ccc4c(c3)OCCO4)CC2)cc1. The van der Waals surface area contributed by atoms with E-state index in [0.29, 0.717) is 43.4 Å². The predicted molar refractivity (Wildman–Crippen MR) is 113 cm³/mol. The molecule has 2 aliphatic rings. The van der Waals surface area contributed by atoms with Crippen molar-refractivity contribution in [3.63, 3.8) is 0 Å². The molecular weight excluding hydrogens is 406 g/mol. The Labute approximate surface area is 176 Å². The summed E-state index contributed by atoms with van der Waals surface area (Å²) in [6.45, 7) is 2.03. The van der Waals surface area contributed by atoms with Crippen LogP contribution in [0.15, 0.2) is 47.4 Å². The molecule has 8 nitrogen and oxygen atoms in total. The summed E-state index contributed by atoms with van der Waals surface area (Å²) in [7, 11) is 0.215. The summed E-state index contributed by atoms with van der Waals surface area (Å²) in [5.41, 5.74) is 1.62. The first kappa shape index (κ1) is 20.5. The Morgan fingerprint density at radius 2 is 1.53 bits per heavy atom. The lowest BCUT2D eigenvalue weighted by Gasteiger charge is -2.34. The van der Waals surface area contributed by atoms with Crippen molar-refractivity contribution in [2.45, 2.75) is 4.90 Å². The number of hydrogen-bond donors (Lipinski definition) is 0. The fourth-order valence-electron chi connectivity index (χ4n) is 3.55. The van der Waals surface area contributed by atoms with E-state index in [4.69, 9.17) is 9.47 Å². The van der Waals surface area contributed by atoms with E-state index >= 15 is 0 Å². The first-order valence-electron chi connectivity index (χ1n) is 9.83. The van der Waals surface area contributed by atoms with Gasteiger partial charge in [-0.1, -0.05) is 0 Å². The number of sulfonamides is 1. The van der Waals surface area contributed by atoms with Crippen molar-refractivity contribution in [1.82, 2.24) is 9.21 Å². The third-order valence-corrected chi connectivity index (χ3v) is 7.20. The average Bonchev–Trinajstić information content (AvgIpc) is 2.78. The summed E-state index contributed by atoms with van der Waals surface area (Å²) in [5, 5.41) is 0. The Morgan fingerprint density at radius 3 is 2.17 bits per heavy atom. The van der Waals surface area contributed by atoms with Crippen LogP contribution in [0.25, 0.3) is 0 Å². The molecule has 0 atom stereocenters. The van der Waals surface area contributed by atoms with E-state index in [0.717, 1.165) is 5.69 Å². The minimum absolute atomic E-state index is 0.0864. The van der Waals surface area contributed by atoms with E-state index in [9.17, 15) is 13.2 Å². The summed E-state index contributed by atoms with van der Waals surface area (Å²) in [5.74, 6) is 0.907. The molecule has 0 bridgehead atoms. The van der Waals surface area contributed by atoms with Crippen molar-refractivity contribution in [3.05, 3.63) is 48.0 Å². The fraction of sp³-hybridized carbons (Fsp3) is 0.381. The zero-order valence-corrected chi connectivity index (χ0v) is 17.9. The van der Waals surface area contributed by atoms with Gasteiger partial charge in [-0.15, -0.1) is 0 Å². The molecule has 0 aromatic heterocycles. The van der Waals surface area contributed by atoms with Crippen molar-refractivity contribution >= 4 is 21.6 Å². The van der Waals surface area contributed by atoms with Crippen molar-refractivity contribution in [3.8, 4) is 11.5 Å². The molecule has 9 heteroatoms. The molecule has 2 aromatic rings. The number of carbonyl (C=O) groups is 1. The van der Waals surface area contributed by atoms with Gasteiger partial charge >= 0.3 is 0 Å². The highest BCUT2D eigenvalue weighted by atomic mass is 32.2. The van der Waals surface area contributed by atoms with E-state index in [1.165, 1.54) is 16.4 Å². The van der Waals surface area contributed by atoms with Gasteiger partial charge in [-0.25, -0.2) is 8.42 Å². The summed E-state index contributed by atoms with van der Waals surface area (Å²) in [4.78, 5) is 16.6. The molecule has 0 aliphatic carbocycles. The maximum atomic E-state index is 13.0. The van der Waals surface area contributed by atoms with Gasteiger partial charge in [0, 0.05) is 57.6 Å². The van der Waals surface area contributed by atoms with Gasteiger partial charge in [0.05, 0.1) is 4.90 Å². The van der Waals surface area contributed by atoms with Crippen LogP contribution < -0.4 is 14.4 Å². The number of nitrogens with zero attached hydrogens (tertiary/aromatic N) is 3. The summed E-state index contributed by atoms with van der Waals surface area (Å²) in [6.07, 6.45) is 0. The summed E-state index contributed by atoms with van der Waals surface area (Å²) < 4.78 is 38.5. The molecule has 2 heterocycles. The summed E-state index contributed by atoms with van der Waals surface area (Å²) >= 11 is 0. The van der Waals surface area contributed by atoms with Crippen LogP contribution in [0, 0.1) is 0 Å². The van der Waals surface area contributed by atoms with Crippen molar-refractivity contribution < 1.29 is 22.7 Å². The quantitative estimate of drug-likeness (QED) is 0.733. The van der Waals surface area contributed by atoms with Gasteiger partial charge in [0.15, 0.2) is 11.5 Å². The first-order chi connectivity index (χ1) is 14.4. The molecule has 0 unspecified atom stereocenters. The maximum absolute atomic E-state index is 13.0. The van der Waals surface area contributed by atoms with E-state index < -0.39 is 10.0 Å². The lowest BCUT2D eigenvalue weighted by atomic mass is 10.1. The number of anilines is 1. The second kappa shape index (κ2) is 8.16. The molecular formula is C21H25N3O5S. The molecule has 1 fully saturated rings. The lowest BCUT2D eigenvalue weighted by molar-refractivity contribution is 0.0698. The minimum atomic E-state index is -3.67. The number of fused-ring (bicyclic) bond motifs is 1. The van der Waals surface area contributed by atoms with Gasteiger partial charge in [-0.2, -0.15) is 4.31 Å². The van der Waals surface area contributed by atoms with Crippen molar-refractivity contribution in [2.24, 2.45) is 0 Å². The largest absolute Gasteiger partial charge is 0.486 e. The number of ether oxygens (including phenoxy) is 2. The van der Waals surface area contributed by atoms with Crippen LogP contribution in [-0.4, -0.2) is 77.0 Å². The topological polar surface area (TPSA) is 79.4 Å². The van der Waals surface area contributed by atoms with Crippen LogP contribution in [0.1, 0.15) is 10.4 Å². The lowest BCUT2D eigenvalue weighted by Crippen LogP contribution is -2.50. The smallest absolute Gasteiger partial charge is 0.253 e. The van der Waals surface area contributed by atoms with Gasteiger partial charge < -0.3 is 19.3 Å². The van der Waals surface area contributed by atoms with Crippen LogP contribution in [0.2, 0.25) is 0 Å². The molecule has 0 N–H and O–H groups in total. The summed E-state index contributed by atoms with van der Waals surface area (Å²) in [6, 6.07) is 12.1. The van der Waals surface area contributed by atoms with E-state index in [1.807, 2.05) is 31.1 Å². The highest BCUT2D eigenvalue weighted by molar-refractivity contribution is 7.89. The molecule has 0 spiro atoms. The van der Waals surface area contributed by atoms with Gasteiger partial charge in [0.2, 0.25) is 10.0 Å².